The molecule has 0 N–H and O–H groups in total. The number of alkyl halides is 1. The zero-order chi connectivity index (χ0) is 14.7. The molecule has 0 fully saturated rings. The molecule has 2 rings (SSSR count). The summed E-state index contributed by atoms with van der Waals surface area (Å²) in [6, 6.07) is 12.4. The van der Waals surface area contributed by atoms with Crippen molar-refractivity contribution in [1.29, 1.82) is 0 Å². The van der Waals surface area contributed by atoms with Crippen molar-refractivity contribution in [1.82, 2.24) is 0 Å². The Labute approximate surface area is 124 Å². The van der Waals surface area contributed by atoms with Gasteiger partial charge in [-0.1, -0.05) is 29.8 Å². The van der Waals surface area contributed by atoms with Crippen molar-refractivity contribution in [2.45, 2.75) is 32.3 Å². The molecule has 0 aromatic heterocycles. The average molecular weight is 293 g/mol. The molecule has 0 bridgehead atoms. The summed E-state index contributed by atoms with van der Waals surface area (Å²) in [4.78, 5) is 0. The minimum absolute atomic E-state index is 0.127. The smallest absolute Gasteiger partial charge is 0.128 e. The lowest BCUT2D eigenvalue weighted by molar-refractivity contribution is 0.242. The first kappa shape index (κ1) is 14.9. The molecular formula is C17H18ClFO. The molecule has 1 unspecified atom stereocenters. The highest BCUT2D eigenvalue weighted by Gasteiger charge is 2.15. The maximum absolute atomic E-state index is 13.8. The van der Waals surface area contributed by atoms with E-state index in [0.29, 0.717) is 5.56 Å². The van der Waals surface area contributed by atoms with Gasteiger partial charge in [0.1, 0.15) is 11.6 Å². The van der Waals surface area contributed by atoms with Crippen molar-refractivity contribution >= 4 is 11.6 Å². The van der Waals surface area contributed by atoms with E-state index in [9.17, 15) is 4.39 Å². The Morgan fingerprint density at radius 3 is 2.30 bits per heavy atom. The van der Waals surface area contributed by atoms with Gasteiger partial charge in [-0.05, 0) is 44.5 Å². The van der Waals surface area contributed by atoms with Crippen molar-refractivity contribution in [3.8, 4) is 5.75 Å². The van der Waals surface area contributed by atoms with Crippen LogP contribution in [0.5, 0.6) is 5.75 Å². The van der Waals surface area contributed by atoms with Gasteiger partial charge in [0.2, 0.25) is 0 Å². The number of halogens is 2. The first-order chi connectivity index (χ1) is 9.47. The Morgan fingerprint density at radius 2 is 1.70 bits per heavy atom. The van der Waals surface area contributed by atoms with Crippen LogP contribution in [0.2, 0.25) is 0 Å². The molecule has 0 heterocycles. The molecule has 2 aromatic rings. The van der Waals surface area contributed by atoms with Crippen molar-refractivity contribution in [2.24, 2.45) is 0 Å². The highest BCUT2D eigenvalue weighted by atomic mass is 35.5. The van der Waals surface area contributed by atoms with Gasteiger partial charge >= 0.3 is 0 Å². The van der Waals surface area contributed by atoms with Gasteiger partial charge in [0.15, 0.2) is 0 Å². The molecule has 1 atom stereocenters. The van der Waals surface area contributed by atoms with E-state index < -0.39 is 5.38 Å². The third kappa shape index (κ3) is 3.51. The van der Waals surface area contributed by atoms with E-state index in [4.69, 9.17) is 16.3 Å². The van der Waals surface area contributed by atoms with Gasteiger partial charge in [-0.3, -0.25) is 0 Å². The summed E-state index contributed by atoms with van der Waals surface area (Å²) in [5, 5.41) is -0.497. The van der Waals surface area contributed by atoms with E-state index in [1.807, 2.05) is 45.0 Å². The molecular weight excluding hydrogens is 275 g/mol. The maximum atomic E-state index is 13.8. The predicted octanol–water partition coefficient (Wildman–Crippen LogP) is 5.25. The monoisotopic (exact) mass is 292 g/mol. The average Bonchev–Trinajstić information content (AvgIpc) is 2.41. The Morgan fingerprint density at radius 1 is 1.05 bits per heavy atom. The summed E-state index contributed by atoms with van der Waals surface area (Å²) in [5.74, 6) is 0.510. The molecule has 0 aliphatic carbocycles. The molecule has 1 nitrogen and oxygen atoms in total. The summed E-state index contributed by atoms with van der Waals surface area (Å²) >= 11 is 6.39. The van der Waals surface area contributed by atoms with E-state index in [1.165, 1.54) is 6.07 Å². The van der Waals surface area contributed by atoms with E-state index in [2.05, 4.69) is 0 Å². The summed E-state index contributed by atoms with van der Waals surface area (Å²) in [5.41, 5.74) is 2.35. The lowest BCUT2D eigenvalue weighted by atomic mass is 10.0. The first-order valence-electron chi connectivity index (χ1n) is 6.64. The molecule has 0 aliphatic rings. The van der Waals surface area contributed by atoms with Crippen molar-refractivity contribution in [3.05, 3.63) is 65.0 Å². The fourth-order valence-corrected chi connectivity index (χ4v) is 2.34. The molecule has 0 saturated heterocycles. The number of aryl methyl sites for hydroxylation is 1. The Bertz CT molecular complexity index is 578. The molecule has 0 amide bonds. The minimum atomic E-state index is -0.497. The van der Waals surface area contributed by atoms with Crippen LogP contribution in [0, 0.1) is 12.7 Å². The highest BCUT2D eigenvalue weighted by molar-refractivity contribution is 6.22. The lowest BCUT2D eigenvalue weighted by Gasteiger charge is -2.14. The zero-order valence-corrected chi connectivity index (χ0v) is 12.6. The SMILES string of the molecule is Cc1ccc(F)c(C(Cl)c2ccc(OC(C)C)cc2)c1. The molecule has 2 aromatic carbocycles. The van der Waals surface area contributed by atoms with Crippen LogP contribution >= 0.6 is 11.6 Å². The van der Waals surface area contributed by atoms with E-state index in [-0.39, 0.29) is 11.9 Å². The second kappa shape index (κ2) is 6.27. The lowest BCUT2D eigenvalue weighted by Crippen LogP contribution is -2.05. The van der Waals surface area contributed by atoms with Crippen LogP contribution in [-0.2, 0) is 0 Å². The van der Waals surface area contributed by atoms with Gasteiger partial charge in [-0.25, -0.2) is 4.39 Å². The highest BCUT2D eigenvalue weighted by Crippen LogP contribution is 2.32. The van der Waals surface area contributed by atoms with Crippen LogP contribution in [0.4, 0.5) is 4.39 Å². The van der Waals surface area contributed by atoms with E-state index >= 15 is 0 Å². The molecule has 0 aliphatic heterocycles. The standard InChI is InChI=1S/C17H18ClFO/c1-11(2)20-14-7-5-13(6-8-14)17(18)15-10-12(3)4-9-16(15)19/h4-11,17H,1-3H3. The van der Waals surface area contributed by atoms with Gasteiger partial charge in [0.05, 0.1) is 11.5 Å². The van der Waals surface area contributed by atoms with Crippen LogP contribution in [0.1, 0.15) is 35.9 Å². The van der Waals surface area contributed by atoms with Crippen molar-refractivity contribution < 1.29 is 9.13 Å². The van der Waals surface area contributed by atoms with Gasteiger partial charge in [-0.15, -0.1) is 11.6 Å². The number of benzene rings is 2. The minimum Gasteiger partial charge on any atom is -0.491 e. The van der Waals surface area contributed by atoms with Gasteiger partial charge in [0.25, 0.3) is 0 Å². The van der Waals surface area contributed by atoms with Crippen molar-refractivity contribution in [3.63, 3.8) is 0 Å². The fraction of sp³-hybridized carbons (Fsp3) is 0.294. The Hall–Kier alpha value is -1.54. The fourth-order valence-electron chi connectivity index (χ4n) is 2.02. The zero-order valence-electron chi connectivity index (χ0n) is 11.9. The quantitative estimate of drug-likeness (QED) is 0.699. The number of ether oxygens (including phenoxy) is 1. The van der Waals surface area contributed by atoms with Crippen LogP contribution in [0.25, 0.3) is 0 Å². The summed E-state index contributed by atoms with van der Waals surface area (Å²) in [6.45, 7) is 5.87. The number of hydrogen-bond donors (Lipinski definition) is 0. The molecule has 0 radical (unpaired) electrons. The number of hydrogen-bond acceptors (Lipinski definition) is 1. The van der Waals surface area contributed by atoms with Crippen LogP contribution < -0.4 is 4.74 Å². The summed E-state index contributed by atoms with van der Waals surface area (Å²) < 4.78 is 19.4. The normalized spacial score (nSPS) is 12.5. The maximum Gasteiger partial charge on any atom is 0.128 e. The summed E-state index contributed by atoms with van der Waals surface area (Å²) in [7, 11) is 0. The third-order valence-corrected chi connectivity index (χ3v) is 3.46. The Kier molecular flexibility index (Phi) is 4.66. The van der Waals surface area contributed by atoms with Crippen LogP contribution in [-0.4, -0.2) is 6.10 Å². The van der Waals surface area contributed by atoms with Gasteiger partial charge in [0, 0.05) is 5.56 Å². The van der Waals surface area contributed by atoms with E-state index in [0.717, 1.165) is 16.9 Å². The third-order valence-electron chi connectivity index (χ3n) is 2.97. The Balaban J connectivity index is 2.24. The molecule has 0 spiro atoms. The molecule has 20 heavy (non-hydrogen) atoms. The second-order valence-corrected chi connectivity index (χ2v) is 5.56. The van der Waals surface area contributed by atoms with Crippen molar-refractivity contribution in [2.75, 3.05) is 0 Å². The second-order valence-electron chi connectivity index (χ2n) is 5.12. The van der Waals surface area contributed by atoms with Crippen LogP contribution in [0.15, 0.2) is 42.5 Å². The van der Waals surface area contributed by atoms with Gasteiger partial charge in [-0.2, -0.15) is 0 Å². The molecule has 0 saturated carbocycles. The van der Waals surface area contributed by atoms with E-state index in [1.54, 1.807) is 12.1 Å². The summed E-state index contributed by atoms with van der Waals surface area (Å²) in [6.07, 6.45) is 0.127. The predicted molar refractivity (Wildman–Crippen MR) is 81.0 cm³/mol. The molecule has 106 valence electrons. The number of rotatable bonds is 4. The van der Waals surface area contributed by atoms with Crippen LogP contribution in [0.3, 0.4) is 0 Å². The molecule has 3 heteroatoms. The first-order valence-corrected chi connectivity index (χ1v) is 7.07. The topological polar surface area (TPSA) is 9.23 Å². The largest absolute Gasteiger partial charge is 0.491 e. The van der Waals surface area contributed by atoms with Gasteiger partial charge < -0.3 is 4.74 Å².